The van der Waals surface area contributed by atoms with Crippen LogP contribution in [0.3, 0.4) is 0 Å². The number of H-pyrrole nitrogens is 1. The number of aryl methyl sites for hydroxylation is 3. The van der Waals surface area contributed by atoms with Gasteiger partial charge in [-0.2, -0.15) is 0 Å². The Labute approximate surface area is 146 Å². The van der Waals surface area contributed by atoms with Gasteiger partial charge in [-0.15, -0.1) is 0 Å². The average molecular weight is 337 g/mol. The first-order valence-corrected chi connectivity index (χ1v) is 8.71. The van der Waals surface area contributed by atoms with Crippen molar-refractivity contribution in [3.8, 4) is 0 Å². The lowest BCUT2D eigenvalue weighted by Gasteiger charge is -2.31. The maximum absolute atomic E-state index is 9.51. The smallest absolute Gasteiger partial charge is 0.130 e. The Morgan fingerprint density at radius 3 is 2.60 bits per heavy atom. The van der Waals surface area contributed by atoms with Crippen molar-refractivity contribution >= 4 is 16.9 Å². The van der Waals surface area contributed by atoms with E-state index in [1.807, 2.05) is 13.0 Å². The summed E-state index contributed by atoms with van der Waals surface area (Å²) in [6, 6.07) is 6.23. The van der Waals surface area contributed by atoms with E-state index < -0.39 is 0 Å². The molecule has 0 saturated heterocycles. The van der Waals surface area contributed by atoms with E-state index >= 15 is 0 Å². The topological polar surface area (TPSA) is 86.7 Å². The maximum atomic E-state index is 9.51. The van der Waals surface area contributed by atoms with Crippen LogP contribution in [0.25, 0.3) is 11.0 Å². The maximum Gasteiger partial charge on any atom is 0.130 e. The van der Waals surface area contributed by atoms with Crippen LogP contribution in [0.2, 0.25) is 0 Å². The predicted molar refractivity (Wildman–Crippen MR) is 97.6 cm³/mol. The quantitative estimate of drug-likeness (QED) is 0.681. The molecule has 25 heavy (non-hydrogen) atoms. The summed E-state index contributed by atoms with van der Waals surface area (Å²) in [5.74, 6) is 2.78. The van der Waals surface area contributed by atoms with Gasteiger partial charge in [-0.3, -0.25) is 0 Å². The van der Waals surface area contributed by atoms with E-state index in [9.17, 15) is 5.11 Å². The minimum absolute atomic E-state index is 0.181. The van der Waals surface area contributed by atoms with E-state index in [4.69, 9.17) is 0 Å². The normalized spacial score (nSPS) is 19.8. The van der Waals surface area contributed by atoms with E-state index in [0.717, 1.165) is 47.0 Å². The number of aromatic nitrogens is 4. The number of aliphatic hydroxyl groups is 1. The van der Waals surface area contributed by atoms with Gasteiger partial charge in [0.25, 0.3) is 0 Å². The number of hydrogen-bond donors (Lipinski definition) is 3. The van der Waals surface area contributed by atoms with Gasteiger partial charge >= 0.3 is 0 Å². The molecule has 1 aromatic carbocycles. The largest absolute Gasteiger partial charge is 0.393 e. The van der Waals surface area contributed by atoms with E-state index in [-0.39, 0.29) is 6.10 Å². The van der Waals surface area contributed by atoms with Crippen molar-refractivity contribution in [3.05, 3.63) is 46.7 Å². The Morgan fingerprint density at radius 1 is 1.08 bits per heavy atom. The van der Waals surface area contributed by atoms with Crippen LogP contribution in [0.15, 0.2) is 18.2 Å². The van der Waals surface area contributed by atoms with Crippen LogP contribution in [0.5, 0.6) is 0 Å². The van der Waals surface area contributed by atoms with Crippen LogP contribution >= 0.6 is 0 Å². The highest BCUT2D eigenvalue weighted by atomic mass is 16.3. The SMILES string of the molecule is Cc1nc(NCc2nc3cc(C)c(C)cc3[nH]2)cc(C2CC(O)C2)n1. The fraction of sp³-hybridized carbons (Fsp3) is 0.421. The van der Waals surface area contributed by atoms with Gasteiger partial charge in [0.15, 0.2) is 0 Å². The number of anilines is 1. The summed E-state index contributed by atoms with van der Waals surface area (Å²) in [6.45, 7) is 6.69. The van der Waals surface area contributed by atoms with E-state index in [1.54, 1.807) is 0 Å². The Hall–Kier alpha value is -2.47. The van der Waals surface area contributed by atoms with Crippen LogP contribution < -0.4 is 5.32 Å². The number of nitrogens with one attached hydrogen (secondary N) is 2. The highest BCUT2D eigenvalue weighted by molar-refractivity contribution is 5.77. The molecule has 0 spiro atoms. The molecule has 0 amide bonds. The number of imidazole rings is 1. The number of hydrogen-bond acceptors (Lipinski definition) is 5. The van der Waals surface area contributed by atoms with Gasteiger partial charge in [0.05, 0.1) is 23.7 Å². The molecule has 2 heterocycles. The average Bonchev–Trinajstić information content (AvgIpc) is 2.91. The third-order valence-electron chi connectivity index (χ3n) is 4.97. The molecule has 3 aromatic rings. The predicted octanol–water partition coefficient (Wildman–Crippen LogP) is 3.13. The Balaban J connectivity index is 1.51. The van der Waals surface area contributed by atoms with E-state index in [0.29, 0.717) is 12.5 Å². The first-order chi connectivity index (χ1) is 12.0. The Kier molecular flexibility index (Phi) is 3.92. The molecule has 2 aromatic heterocycles. The Bertz CT molecular complexity index is 888. The molecule has 0 radical (unpaired) electrons. The third kappa shape index (κ3) is 3.22. The molecule has 0 bridgehead atoms. The summed E-state index contributed by atoms with van der Waals surface area (Å²) in [7, 11) is 0. The zero-order chi connectivity index (χ0) is 17.6. The molecule has 1 fully saturated rings. The first-order valence-electron chi connectivity index (χ1n) is 8.71. The summed E-state index contributed by atoms with van der Waals surface area (Å²) in [5.41, 5.74) is 5.56. The van der Waals surface area contributed by atoms with Crippen molar-refractivity contribution < 1.29 is 5.11 Å². The minimum Gasteiger partial charge on any atom is -0.393 e. The van der Waals surface area contributed by atoms with Crippen LogP contribution in [-0.2, 0) is 6.54 Å². The molecule has 6 nitrogen and oxygen atoms in total. The molecule has 0 atom stereocenters. The summed E-state index contributed by atoms with van der Waals surface area (Å²) in [6.07, 6.45) is 1.40. The third-order valence-corrected chi connectivity index (χ3v) is 4.97. The summed E-state index contributed by atoms with van der Waals surface area (Å²) >= 11 is 0. The van der Waals surface area contributed by atoms with Crippen molar-refractivity contribution in [2.45, 2.75) is 52.2 Å². The van der Waals surface area contributed by atoms with Crippen LogP contribution in [0.1, 0.15) is 47.2 Å². The lowest BCUT2D eigenvalue weighted by Crippen LogP contribution is -2.27. The molecule has 0 aliphatic heterocycles. The molecule has 1 aliphatic rings. The van der Waals surface area contributed by atoms with E-state index in [1.165, 1.54) is 11.1 Å². The summed E-state index contributed by atoms with van der Waals surface area (Å²) in [5, 5.41) is 12.8. The summed E-state index contributed by atoms with van der Waals surface area (Å²) < 4.78 is 0. The molecule has 1 aliphatic carbocycles. The van der Waals surface area contributed by atoms with Crippen molar-refractivity contribution in [2.75, 3.05) is 5.32 Å². The van der Waals surface area contributed by atoms with Crippen molar-refractivity contribution in [2.24, 2.45) is 0 Å². The number of nitrogens with zero attached hydrogens (tertiary/aromatic N) is 3. The van der Waals surface area contributed by atoms with Crippen LogP contribution in [-0.4, -0.2) is 31.1 Å². The molecule has 1 saturated carbocycles. The lowest BCUT2D eigenvalue weighted by atomic mass is 9.80. The fourth-order valence-corrected chi connectivity index (χ4v) is 3.30. The summed E-state index contributed by atoms with van der Waals surface area (Å²) in [4.78, 5) is 17.0. The van der Waals surface area contributed by atoms with Crippen molar-refractivity contribution in [3.63, 3.8) is 0 Å². The fourth-order valence-electron chi connectivity index (χ4n) is 3.30. The van der Waals surface area contributed by atoms with Gasteiger partial charge in [0.2, 0.25) is 0 Å². The minimum atomic E-state index is -0.181. The van der Waals surface area contributed by atoms with Crippen molar-refractivity contribution in [1.29, 1.82) is 0 Å². The zero-order valence-corrected chi connectivity index (χ0v) is 14.8. The highest BCUT2D eigenvalue weighted by Crippen LogP contribution is 2.36. The highest BCUT2D eigenvalue weighted by Gasteiger charge is 2.30. The number of fused-ring (bicyclic) bond motifs is 1. The standard InChI is InChI=1S/C19H23N5O/c1-10-4-16-17(5-11(10)2)24-19(23-16)9-20-18-8-15(21-12(3)22-18)13-6-14(25)7-13/h4-5,8,13-14,25H,6-7,9H2,1-3H3,(H,23,24)(H,20,21,22). The molecule has 0 unspecified atom stereocenters. The van der Waals surface area contributed by atoms with Gasteiger partial charge in [0.1, 0.15) is 17.5 Å². The molecule has 6 heteroatoms. The number of rotatable bonds is 4. The Morgan fingerprint density at radius 2 is 1.84 bits per heavy atom. The van der Waals surface area contributed by atoms with Gasteiger partial charge in [-0.25, -0.2) is 15.0 Å². The van der Waals surface area contributed by atoms with Gasteiger partial charge in [0, 0.05) is 17.7 Å². The zero-order valence-electron chi connectivity index (χ0n) is 14.8. The molecule has 3 N–H and O–H groups in total. The lowest BCUT2D eigenvalue weighted by molar-refractivity contribution is 0.0731. The molecule has 130 valence electrons. The molecular weight excluding hydrogens is 314 g/mol. The number of aromatic amines is 1. The monoisotopic (exact) mass is 337 g/mol. The second-order valence-corrected chi connectivity index (χ2v) is 7.04. The number of aliphatic hydroxyl groups excluding tert-OH is 1. The second kappa shape index (κ2) is 6.11. The van der Waals surface area contributed by atoms with Crippen LogP contribution in [0, 0.1) is 20.8 Å². The first kappa shape index (κ1) is 16.0. The van der Waals surface area contributed by atoms with Crippen molar-refractivity contribution in [1.82, 2.24) is 19.9 Å². The molecule has 4 rings (SSSR count). The molecular formula is C19H23N5O. The van der Waals surface area contributed by atoms with Gasteiger partial charge in [-0.05, 0) is 56.9 Å². The number of benzene rings is 1. The second-order valence-electron chi connectivity index (χ2n) is 7.04. The van der Waals surface area contributed by atoms with Gasteiger partial charge in [-0.1, -0.05) is 0 Å². The van der Waals surface area contributed by atoms with Crippen LogP contribution in [0.4, 0.5) is 5.82 Å². The van der Waals surface area contributed by atoms with Gasteiger partial charge < -0.3 is 15.4 Å². The van der Waals surface area contributed by atoms with E-state index in [2.05, 4.69) is 51.2 Å².